The molecular weight excluding hydrogens is 220 g/mol. The Morgan fingerprint density at radius 3 is 2.76 bits per heavy atom. The van der Waals surface area contributed by atoms with Gasteiger partial charge in [-0.2, -0.15) is 0 Å². The predicted molar refractivity (Wildman–Crippen MR) is 67.1 cm³/mol. The van der Waals surface area contributed by atoms with E-state index in [0.29, 0.717) is 13.1 Å². The molecular formula is C11H20N4O2. The van der Waals surface area contributed by atoms with Crippen molar-refractivity contribution in [3.63, 3.8) is 0 Å². The van der Waals surface area contributed by atoms with E-state index >= 15 is 0 Å². The van der Waals surface area contributed by atoms with Crippen LogP contribution < -0.4 is 22.3 Å². The molecule has 0 unspecified atom stereocenters. The van der Waals surface area contributed by atoms with Gasteiger partial charge in [-0.15, -0.1) is 0 Å². The second-order valence-electron chi connectivity index (χ2n) is 3.90. The lowest BCUT2D eigenvalue weighted by atomic mass is 10.2. The fraction of sp³-hybridized carbons (Fsp3) is 0.636. The molecule has 0 spiro atoms. The molecule has 0 aliphatic rings. The molecule has 0 saturated heterocycles. The summed E-state index contributed by atoms with van der Waals surface area (Å²) in [4.78, 5) is 24.4. The summed E-state index contributed by atoms with van der Waals surface area (Å²) < 4.78 is 1.48. The van der Waals surface area contributed by atoms with Gasteiger partial charge >= 0.3 is 5.69 Å². The average Bonchev–Trinajstić information content (AvgIpc) is 2.30. The summed E-state index contributed by atoms with van der Waals surface area (Å²) >= 11 is 0. The number of aromatic nitrogens is 2. The van der Waals surface area contributed by atoms with Crippen LogP contribution in [0.2, 0.25) is 0 Å². The number of hydrogen-bond acceptors (Lipinski definition) is 4. The first-order valence-electron chi connectivity index (χ1n) is 5.94. The van der Waals surface area contributed by atoms with E-state index < -0.39 is 0 Å². The van der Waals surface area contributed by atoms with E-state index in [1.165, 1.54) is 16.8 Å². The lowest BCUT2D eigenvalue weighted by Gasteiger charge is -2.06. The highest BCUT2D eigenvalue weighted by Crippen LogP contribution is 1.90. The average molecular weight is 240 g/mol. The van der Waals surface area contributed by atoms with Crippen molar-refractivity contribution in [2.24, 2.45) is 5.73 Å². The molecule has 4 N–H and O–H groups in total. The standard InChI is InChI=1S/C11H20N4O2/c12-5-2-1-3-6-13-7-9-15-8-4-10(16)14-11(15)17/h4,8,13H,1-3,5-7,9,12H2,(H,14,16,17). The van der Waals surface area contributed by atoms with E-state index in [4.69, 9.17) is 5.73 Å². The molecule has 1 heterocycles. The zero-order valence-electron chi connectivity index (χ0n) is 9.95. The van der Waals surface area contributed by atoms with Crippen LogP contribution in [0.15, 0.2) is 21.9 Å². The van der Waals surface area contributed by atoms with Crippen LogP contribution in [0.25, 0.3) is 0 Å². The monoisotopic (exact) mass is 240 g/mol. The molecule has 6 heteroatoms. The van der Waals surface area contributed by atoms with Crippen molar-refractivity contribution in [2.75, 3.05) is 19.6 Å². The highest BCUT2D eigenvalue weighted by atomic mass is 16.2. The summed E-state index contributed by atoms with van der Waals surface area (Å²) in [5.74, 6) is 0. The maximum atomic E-state index is 11.3. The molecule has 0 saturated carbocycles. The van der Waals surface area contributed by atoms with Crippen LogP contribution in [0.3, 0.4) is 0 Å². The van der Waals surface area contributed by atoms with Gasteiger partial charge in [-0.25, -0.2) is 4.79 Å². The summed E-state index contributed by atoms with van der Waals surface area (Å²) in [7, 11) is 0. The van der Waals surface area contributed by atoms with Crippen LogP contribution in [0.1, 0.15) is 19.3 Å². The number of nitrogens with two attached hydrogens (primary N) is 1. The molecule has 6 nitrogen and oxygen atoms in total. The smallest absolute Gasteiger partial charge is 0.328 e. The van der Waals surface area contributed by atoms with Gasteiger partial charge in [0.25, 0.3) is 5.56 Å². The first-order chi connectivity index (χ1) is 8.24. The number of unbranched alkanes of at least 4 members (excludes halogenated alkanes) is 2. The van der Waals surface area contributed by atoms with Crippen LogP contribution in [0.4, 0.5) is 0 Å². The van der Waals surface area contributed by atoms with Crippen molar-refractivity contribution in [1.29, 1.82) is 0 Å². The van der Waals surface area contributed by atoms with Crippen molar-refractivity contribution < 1.29 is 0 Å². The third-order valence-electron chi connectivity index (χ3n) is 2.48. The lowest BCUT2D eigenvalue weighted by molar-refractivity contribution is 0.551. The summed E-state index contributed by atoms with van der Waals surface area (Å²) in [6, 6.07) is 1.35. The molecule has 0 amide bonds. The van der Waals surface area contributed by atoms with Gasteiger partial charge in [0.05, 0.1) is 0 Å². The van der Waals surface area contributed by atoms with Crippen molar-refractivity contribution in [1.82, 2.24) is 14.9 Å². The second-order valence-corrected chi connectivity index (χ2v) is 3.90. The quantitative estimate of drug-likeness (QED) is 0.521. The maximum Gasteiger partial charge on any atom is 0.328 e. The molecule has 0 bridgehead atoms. The van der Waals surface area contributed by atoms with Crippen LogP contribution >= 0.6 is 0 Å². The molecule has 1 aromatic heterocycles. The third-order valence-corrected chi connectivity index (χ3v) is 2.48. The Bertz CT molecular complexity index is 424. The van der Waals surface area contributed by atoms with Gasteiger partial charge < -0.3 is 11.1 Å². The highest BCUT2D eigenvalue weighted by molar-refractivity contribution is 4.82. The molecule has 0 aromatic carbocycles. The number of rotatable bonds is 8. The summed E-state index contributed by atoms with van der Waals surface area (Å²) in [6.07, 6.45) is 4.79. The Kier molecular flexibility index (Phi) is 6.27. The molecule has 1 aromatic rings. The van der Waals surface area contributed by atoms with Gasteiger partial charge in [-0.05, 0) is 25.9 Å². The van der Waals surface area contributed by atoms with E-state index in [1.54, 1.807) is 0 Å². The fourth-order valence-electron chi connectivity index (χ4n) is 1.52. The molecule has 17 heavy (non-hydrogen) atoms. The third kappa shape index (κ3) is 5.46. The molecule has 0 aliphatic heterocycles. The Labute approximate surface area is 99.8 Å². The zero-order chi connectivity index (χ0) is 12.5. The molecule has 0 fully saturated rings. The predicted octanol–water partition coefficient (Wildman–Crippen LogP) is -0.745. The van der Waals surface area contributed by atoms with E-state index in [-0.39, 0.29) is 11.2 Å². The molecule has 1 rings (SSSR count). The minimum atomic E-state index is -0.360. The van der Waals surface area contributed by atoms with Crippen molar-refractivity contribution in [3.05, 3.63) is 33.1 Å². The molecule has 0 radical (unpaired) electrons. The Balaban J connectivity index is 2.18. The van der Waals surface area contributed by atoms with Gasteiger partial charge in [-0.3, -0.25) is 14.3 Å². The molecule has 96 valence electrons. The highest BCUT2D eigenvalue weighted by Gasteiger charge is 1.95. The first-order valence-corrected chi connectivity index (χ1v) is 5.94. The van der Waals surface area contributed by atoms with Crippen molar-refractivity contribution in [3.8, 4) is 0 Å². The minimum Gasteiger partial charge on any atom is -0.330 e. The topological polar surface area (TPSA) is 92.9 Å². The van der Waals surface area contributed by atoms with E-state index in [9.17, 15) is 9.59 Å². The Morgan fingerprint density at radius 2 is 2.06 bits per heavy atom. The summed E-state index contributed by atoms with van der Waals surface area (Å²) in [6.45, 7) is 2.95. The maximum absolute atomic E-state index is 11.3. The minimum absolute atomic E-state index is 0.359. The van der Waals surface area contributed by atoms with Crippen LogP contribution in [0, 0.1) is 0 Å². The summed E-state index contributed by atoms with van der Waals surface area (Å²) in [5, 5.41) is 3.24. The van der Waals surface area contributed by atoms with Crippen LogP contribution in [-0.2, 0) is 6.54 Å². The number of nitrogens with zero attached hydrogens (tertiary/aromatic N) is 1. The molecule has 0 atom stereocenters. The van der Waals surface area contributed by atoms with Crippen molar-refractivity contribution in [2.45, 2.75) is 25.8 Å². The Hall–Kier alpha value is -1.40. The van der Waals surface area contributed by atoms with Gasteiger partial charge in [0.1, 0.15) is 0 Å². The SMILES string of the molecule is NCCCCCNCCn1ccc(=O)[nH]c1=O. The van der Waals surface area contributed by atoms with Gasteiger partial charge in [0.15, 0.2) is 0 Å². The van der Waals surface area contributed by atoms with E-state index in [2.05, 4.69) is 10.3 Å². The zero-order valence-corrected chi connectivity index (χ0v) is 9.95. The lowest BCUT2D eigenvalue weighted by Crippen LogP contribution is -2.32. The number of aromatic amines is 1. The fourth-order valence-corrected chi connectivity index (χ4v) is 1.52. The Morgan fingerprint density at radius 1 is 1.24 bits per heavy atom. The van der Waals surface area contributed by atoms with Gasteiger partial charge in [-0.1, -0.05) is 6.42 Å². The van der Waals surface area contributed by atoms with Gasteiger partial charge in [0, 0.05) is 25.4 Å². The number of nitrogens with one attached hydrogen (secondary N) is 2. The van der Waals surface area contributed by atoms with Crippen LogP contribution in [-0.4, -0.2) is 29.2 Å². The normalized spacial score (nSPS) is 10.6. The second kappa shape index (κ2) is 7.81. The van der Waals surface area contributed by atoms with Crippen LogP contribution in [0.5, 0.6) is 0 Å². The summed E-state index contributed by atoms with van der Waals surface area (Å²) in [5.41, 5.74) is 4.67. The van der Waals surface area contributed by atoms with Gasteiger partial charge in [0.2, 0.25) is 0 Å². The first kappa shape index (κ1) is 13.7. The van der Waals surface area contributed by atoms with E-state index in [0.717, 1.165) is 32.4 Å². The molecule has 0 aliphatic carbocycles. The number of hydrogen-bond donors (Lipinski definition) is 3. The van der Waals surface area contributed by atoms with Crippen molar-refractivity contribution >= 4 is 0 Å². The van der Waals surface area contributed by atoms with E-state index in [1.807, 2.05) is 0 Å². The number of H-pyrrole nitrogens is 1. The largest absolute Gasteiger partial charge is 0.330 e.